The van der Waals surface area contributed by atoms with Gasteiger partial charge in [0.15, 0.2) is 0 Å². The van der Waals surface area contributed by atoms with Crippen molar-refractivity contribution in [2.45, 2.75) is 6.92 Å². The van der Waals surface area contributed by atoms with Gasteiger partial charge in [0.05, 0.1) is 30.5 Å². The molecule has 0 atom stereocenters. The third-order valence-corrected chi connectivity index (χ3v) is 4.18. The van der Waals surface area contributed by atoms with Gasteiger partial charge in [-0.25, -0.2) is 9.78 Å². The summed E-state index contributed by atoms with van der Waals surface area (Å²) in [6, 6.07) is 14.1. The topological polar surface area (TPSA) is 85.4 Å². The van der Waals surface area contributed by atoms with Crippen LogP contribution in [0.5, 0.6) is 5.75 Å². The fourth-order valence-electron chi connectivity index (χ4n) is 2.50. The van der Waals surface area contributed by atoms with Gasteiger partial charge in [0, 0.05) is 17.4 Å². The molecule has 3 aromatic rings. The van der Waals surface area contributed by atoms with Crippen molar-refractivity contribution in [3.63, 3.8) is 0 Å². The maximum Gasteiger partial charge on any atom is 0.337 e. The van der Waals surface area contributed by atoms with Crippen molar-refractivity contribution in [2.75, 3.05) is 24.9 Å². The lowest BCUT2D eigenvalue weighted by atomic mass is 10.2. The molecule has 0 bridgehead atoms. The average molecular weight is 399 g/mol. The van der Waals surface area contributed by atoms with Gasteiger partial charge in [-0.05, 0) is 49.4 Å². The van der Waals surface area contributed by atoms with Crippen molar-refractivity contribution in [3.05, 3.63) is 64.8 Å². The number of ether oxygens (including phenoxy) is 2. The number of nitrogens with one attached hydrogen (secondary N) is 2. The van der Waals surface area contributed by atoms with Crippen LogP contribution in [0.15, 0.2) is 48.5 Å². The van der Waals surface area contributed by atoms with Gasteiger partial charge in [0.25, 0.3) is 0 Å². The quantitative estimate of drug-likeness (QED) is 0.581. The van der Waals surface area contributed by atoms with Crippen molar-refractivity contribution in [1.29, 1.82) is 0 Å². The normalized spacial score (nSPS) is 10.3. The first-order valence-corrected chi connectivity index (χ1v) is 8.78. The molecule has 1 aromatic heterocycles. The fourth-order valence-corrected chi connectivity index (χ4v) is 2.66. The molecule has 0 aliphatic carbocycles. The molecule has 8 heteroatoms. The van der Waals surface area contributed by atoms with E-state index in [1.165, 1.54) is 7.11 Å². The molecule has 0 amide bonds. The molecule has 1 heterocycles. The Morgan fingerprint density at radius 3 is 2.43 bits per heavy atom. The standard InChI is InChI=1S/C20H19ClN4O3/c1-12-10-18(23-14-5-7-15(27-2)8-6-14)25-20(22-12)24-17-11-13(19(26)28-3)4-9-16(17)21/h4-11H,1-3H3,(H2,22,23,24,25). The molecule has 7 nitrogen and oxygen atoms in total. The van der Waals surface area contributed by atoms with Crippen LogP contribution in [0.25, 0.3) is 0 Å². The van der Waals surface area contributed by atoms with E-state index in [4.69, 9.17) is 21.1 Å². The summed E-state index contributed by atoms with van der Waals surface area (Å²) in [5.41, 5.74) is 2.49. The molecular formula is C20H19ClN4O3. The molecule has 0 saturated carbocycles. The van der Waals surface area contributed by atoms with E-state index in [0.717, 1.165) is 17.1 Å². The van der Waals surface area contributed by atoms with Gasteiger partial charge in [-0.3, -0.25) is 0 Å². The second-order valence-electron chi connectivity index (χ2n) is 5.88. The van der Waals surface area contributed by atoms with Crippen molar-refractivity contribution in [1.82, 2.24) is 9.97 Å². The third-order valence-electron chi connectivity index (χ3n) is 3.85. The van der Waals surface area contributed by atoms with Crippen molar-refractivity contribution < 1.29 is 14.3 Å². The average Bonchev–Trinajstić information content (AvgIpc) is 2.69. The Morgan fingerprint density at radius 2 is 1.75 bits per heavy atom. The number of aromatic nitrogens is 2. The van der Waals surface area contributed by atoms with Crippen molar-refractivity contribution in [2.24, 2.45) is 0 Å². The maximum absolute atomic E-state index is 11.7. The predicted molar refractivity (Wildman–Crippen MR) is 109 cm³/mol. The maximum atomic E-state index is 11.7. The van der Waals surface area contributed by atoms with Gasteiger partial charge < -0.3 is 20.1 Å². The number of nitrogens with zero attached hydrogens (tertiary/aromatic N) is 2. The molecule has 3 rings (SSSR count). The molecule has 0 aliphatic heterocycles. The summed E-state index contributed by atoms with van der Waals surface area (Å²) in [5, 5.41) is 6.71. The highest BCUT2D eigenvalue weighted by atomic mass is 35.5. The van der Waals surface area contributed by atoms with E-state index in [9.17, 15) is 4.79 Å². The summed E-state index contributed by atoms with van der Waals surface area (Å²) in [5.74, 6) is 1.28. The Hall–Kier alpha value is -3.32. The number of hydrogen-bond donors (Lipinski definition) is 2. The number of halogens is 1. The number of esters is 1. The second-order valence-corrected chi connectivity index (χ2v) is 6.29. The summed E-state index contributed by atoms with van der Waals surface area (Å²) in [6.07, 6.45) is 0. The van der Waals surface area contributed by atoms with Crippen LogP contribution >= 0.6 is 11.6 Å². The molecular weight excluding hydrogens is 380 g/mol. The van der Waals surface area contributed by atoms with E-state index < -0.39 is 5.97 Å². The summed E-state index contributed by atoms with van der Waals surface area (Å²) in [4.78, 5) is 20.6. The summed E-state index contributed by atoms with van der Waals surface area (Å²) < 4.78 is 9.90. The zero-order valence-electron chi connectivity index (χ0n) is 15.6. The van der Waals surface area contributed by atoms with Gasteiger partial charge in [-0.15, -0.1) is 0 Å². The second kappa shape index (κ2) is 8.58. The molecule has 28 heavy (non-hydrogen) atoms. The number of benzene rings is 2. The molecule has 0 radical (unpaired) electrons. The number of carbonyl (C=O) groups is 1. The minimum absolute atomic E-state index is 0.347. The van der Waals surface area contributed by atoms with Crippen LogP contribution in [-0.2, 0) is 4.74 Å². The molecule has 2 N–H and O–H groups in total. The van der Waals surface area contributed by atoms with Crippen LogP contribution < -0.4 is 15.4 Å². The molecule has 0 unspecified atom stereocenters. The van der Waals surface area contributed by atoms with E-state index in [0.29, 0.717) is 28.0 Å². The van der Waals surface area contributed by atoms with E-state index in [1.54, 1.807) is 25.3 Å². The number of aryl methyl sites for hydroxylation is 1. The number of rotatable bonds is 6. The predicted octanol–water partition coefficient (Wildman–Crippen LogP) is 4.72. The van der Waals surface area contributed by atoms with Gasteiger partial charge in [-0.2, -0.15) is 4.98 Å². The van der Waals surface area contributed by atoms with Crippen LogP contribution in [0.1, 0.15) is 16.1 Å². The SMILES string of the molecule is COC(=O)c1ccc(Cl)c(Nc2nc(C)cc(Nc3ccc(OC)cc3)n2)c1. The molecule has 0 aliphatic rings. The molecule has 0 saturated heterocycles. The first-order chi connectivity index (χ1) is 13.5. The Labute approximate surface area is 167 Å². The van der Waals surface area contributed by atoms with Gasteiger partial charge in [0.1, 0.15) is 11.6 Å². The highest BCUT2D eigenvalue weighted by molar-refractivity contribution is 6.33. The lowest BCUT2D eigenvalue weighted by Crippen LogP contribution is -2.05. The van der Waals surface area contributed by atoms with Gasteiger partial charge >= 0.3 is 5.97 Å². The van der Waals surface area contributed by atoms with Crippen molar-refractivity contribution >= 4 is 40.7 Å². The van der Waals surface area contributed by atoms with Crippen LogP contribution in [0.3, 0.4) is 0 Å². The Balaban J connectivity index is 1.84. The van der Waals surface area contributed by atoms with Crippen LogP contribution in [0.2, 0.25) is 5.02 Å². The minimum atomic E-state index is -0.452. The van der Waals surface area contributed by atoms with E-state index in [2.05, 4.69) is 20.6 Å². The van der Waals surface area contributed by atoms with Crippen LogP contribution in [0.4, 0.5) is 23.1 Å². The zero-order valence-corrected chi connectivity index (χ0v) is 16.4. The van der Waals surface area contributed by atoms with Crippen LogP contribution in [0, 0.1) is 6.92 Å². The molecule has 0 spiro atoms. The van der Waals surface area contributed by atoms with Gasteiger partial charge in [0.2, 0.25) is 5.95 Å². The van der Waals surface area contributed by atoms with Gasteiger partial charge in [-0.1, -0.05) is 11.6 Å². The third kappa shape index (κ3) is 4.69. The first-order valence-electron chi connectivity index (χ1n) is 8.40. The molecule has 144 valence electrons. The molecule has 2 aromatic carbocycles. The Kier molecular flexibility index (Phi) is 5.96. The number of hydrogen-bond acceptors (Lipinski definition) is 7. The summed E-state index contributed by atoms with van der Waals surface area (Å²) >= 11 is 6.23. The highest BCUT2D eigenvalue weighted by Crippen LogP contribution is 2.27. The Bertz CT molecular complexity index is 993. The zero-order chi connectivity index (χ0) is 20.1. The van der Waals surface area contributed by atoms with Crippen molar-refractivity contribution in [3.8, 4) is 5.75 Å². The highest BCUT2D eigenvalue weighted by Gasteiger charge is 2.11. The number of methoxy groups -OCH3 is 2. The van der Waals surface area contributed by atoms with E-state index in [-0.39, 0.29) is 0 Å². The molecule has 0 fully saturated rings. The van der Waals surface area contributed by atoms with E-state index >= 15 is 0 Å². The lowest BCUT2D eigenvalue weighted by Gasteiger charge is -2.12. The number of anilines is 4. The van der Waals surface area contributed by atoms with E-state index in [1.807, 2.05) is 37.3 Å². The monoisotopic (exact) mass is 398 g/mol. The smallest absolute Gasteiger partial charge is 0.337 e. The van der Waals surface area contributed by atoms with Crippen LogP contribution in [-0.4, -0.2) is 30.2 Å². The summed E-state index contributed by atoms with van der Waals surface area (Å²) in [6.45, 7) is 1.86. The Morgan fingerprint density at radius 1 is 1.00 bits per heavy atom. The fraction of sp³-hybridized carbons (Fsp3) is 0.150. The first kappa shape index (κ1) is 19.4. The minimum Gasteiger partial charge on any atom is -0.497 e. The lowest BCUT2D eigenvalue weighted by molar-refractivity contribution is 0.0601. The summed E-state index contributed by atoms with van der Waals surface area (Å²) in [7, 11) is 2.94. The largest absolute Gasteiger partial charge is 0.497 e. The number of carbonyl (C=O) groups excluding carboxylic acids is 1.